The molecule has 0 saturated carbocycles. The first-order chi connectivity index (χ1) is 8.72. The van der Waals surface area contributed by atoms with Gasteiger partial charge in [0.2, 0.25) is 0 Å². The van der Waals surface area contributed by atoms with Crippen molar-refractivity contribution >= 4 is 16.7 Å². The molecule has 1 atom stereocenters. The van der Waals surface area contributed by atoms with Crippen molar-refractivity contribution in [3.8, 4) is 0 Å². The van der Waals surface area contributed by atoms with E-state index in [4.69, 9.17) is 5.73 Å². The third kappa shape index (κ3) is 3.20. The molecule has 0 aliphatic rings. The van der Waals surface area contributed by atoms with E-state index < -0.39 is 0 Å². The monoisotopic (exact) mass is 246 g/mol. The second-order valence-corrected chi connectivity index (χ2v) is 3.99. The third-order valence-corrected chi connectivity index (χ3v) is 2.88. The highest BCUT2D eigenvalue weighted by molar-refractivity contribution is 5.86. The molecule has 1 aromatic carbocycles. The van der Waals surface area contributed by atoms with Crippen molar-refractivity contribution in [3.05, 3.63) is 36.0 Å². The van der Waals surface area contributed by atoms with Crippen molar-refractivity contribution in [3.63, 3.8) is 0 Å². The number of hydrogen-bond donors (Lipinski definition) is 2. The van der Waals surface area contributed by atoms with Gasteiger partial charge in [0, 0.05) is 23.5 Å². The summed E-state index contributed by atoms with van der Waals surface area (Å²) in [7, 11) is 0. The van der Waals surface area contributed by atoms with E-state index in [0.29, 0.717) is 12.8 Å². The summed E-state index contributed by atoms with van der Waals surface area (Å²) in [4.78, 5) is 14.6. The number of aromatic amines is 1. The number of H-pyrrole nitrogens is 1. The van der Waals surface area contributed by atoms with Crippen LogP contribution in [0, 0.1) is 0 Å². The molecule has 3 nitrogen and oxygen atoms in total. The van der Waals surface area contributed by atoms with Gasteiger partial charge >= 0.3 is 0 Å². The Bertz CT molecular complexity index is 502. The number of rotatable bonds is 4. The fourth-order valence-electron chi connectivity index (χ4n) is 1.91. The van der Waals surface area contributed by atoms with Crippen molar-refractivity contribution in [1.82, 2.24) is 4.98 Å². The van der Waals surface area contributed by atoms with Crippen LogP contribution in [0.2, 0.25) is 0 Å². The second kappa shape index (κ2) is 6.97. The number of aromatic nitrogens is 1. The van der Waals surface area contributed by atoms with E-state index >= 15 is 0 Å². The minimum absolute atomic E-state index is 0.116. The van der Waals surface area contributed by atoms with Crippen LogP contribution in [0.25, 0.3) is 10.9 Å². The van der Waals surface area contributed by atoms with Crippen molar-refractivity contribution < 1.29 is 4.79 Å². The lowest BCUT2D eigenvalue weighted by Crippen LogP contribution is -2.31. The lowest BCUT2D eigenvalue weighted by Gasteiger charge is -2.07. The molecule has 1 unspecified atom stereocenters. The van der Waals surface area contributed by atoms with Crippen LogP contribution in [-0.2, 0) is 11.2 Å². The Kier molecular flexibility index (Phi) is 5.59. The van der Waals surface area contributed by atoms with E-state index in [0.717, 1.165) is 16.5 Å². The molecular formula is C15H22N2O. The van der Waals surface area contributed by atoms with E-state index in [2.05, 4.69) is 4.98 Å². The maximum Gasteiger partial charge on any atom is 0.149 e. The van der Waals surface area contributed by atoms with Crippen LogP contribution in [-0.4, -0.2) is 16.8 Å². The number of hydrogen-bond acceptors (Lipinski definition) is 2. The number of Topliss-reactive ketones (excluding diaryl/α,β-unsaturated/α-hetero) is 1. The van der Waals surface area contributed by atoms with Crippen LogP contribution in [0.3, 0.4) is 0 Å². The van der Waals surface area contributed by atoms with Gasteiger partial charge in [-0.25, -0.2) is 0 Å². The molecule has 98 valence electrons. The summed E-state index contributed by atoms with van der Waals surface area (Å²) in [5, 5.41) is 1.15. The van der Waals surface area contributed by atoms with Gasteiger partial charge in [-0.05, 0) is 18.1 Å². The van der Waals surface area contributed by atoms with Gasteiger partial charge in [-0.1, -0.05) is 39.0 Å². The number of nitrogens with two attached hydrogens (primary N) is 1. The van der Waals surface area contributed by atoms with Crippen LogP contribution in [0.5, 0.6) is 0 Å². The van der Waals surface area contributed by atoms with Crippen molar-refractivity contribution in [2.24, 2.45) is 5.73 Å². The lowest BCUT2D eigenvalue weighted by atomic mass is 10.0. The van der Waals surface area contributed by atoms with Crippen molar-refractivity contribution in [2.45, 2.75) is 39.7 Å². The number of benzene rings is 1. The number of ketones is 1. The first-order valence-corrected chi connectivity index (χ1v) is 6.55. The van der Waals surface area contributed by atoms with Crippen molar-refractivity contribution in [2.75, 3.05) is 0 Å². The maximum absolute atomic E-state index is 11.4. The van der Waals surface area contributed by atoms with E-state index in [9.17, 15) is 4.79 Å². The molecule has 0 saturated heterocycles. The molecule has 18 heavy (non-hydrogen) atoms. The summed E-state index contributed by atoms with van der Waals surface area (Å²) in [5.41, 5.74) is 8.05. The summed E-state index contributed by atoms with van der Waals surface area (Å²) in [5.74, 6) is 0.116. The molecule has 0 aliphatic heterocycles. The normalized spacial score (nSPS) is 11.8. The predicted octanol–water partition coefficient (Wildman–Crippen LogP) is 3.04. The first kappa shape index (κ1) is 14.5. The molecule has 3 heteroatoms. The number of para-hydroxylation sites is 1. The molecule has 0 spiro atoms. The molecule has 0 radical (unpaired) electrons. The highest BCUT2D eigenvalue weighted by Gasteiger charge is 2.13. The van der Waals surface area contributed by atoms with Crippen molar-refractivity contribution in [1.29, 1.82) is 0 Å². The Morgan fingerprint density at radius 2 is 2.00 bits per heavy atom. The number of carbonyl (C=O) groups is 1. The summed E-state index contributed by atoms with van der Waals surface area (Å²) in [6, 6.07) is 7.66. The van der Waals surface area contributed by atoms with Gasteiger partial charge in [-0.3, -0.25) is 4.79 Å². The van der Waals surface area contributed by atoms with E-state index in [1.807, 2.05) is 51.2 Å². The highest BCUT2D eigenvalue weighted by atomic mass is 16.1. The van der Waals surface area contributed by atoms with Gasteiger partial charge in [-0.2, -0.15) is 0 Å². The quantitative estimate of drug-likeness (QED) is 0.871. The van der Waals surface area contributed by atoms with Gasteiger partial charge in [0.25, 0.3) is 0 Å². The van der Waals surface area contributed by atoms with Gasteiger partial charge < -0.3 is 10.7 Å². The Balaban J connectivity index is 0.000000771. The fraction of sp³-hybridized carbons (Fsp3) is 0.400. The highest BCUT2D eigenvalue weighted by Crippen LogP contribution is 2.18. The number of fused-ring (bicyclic) bond motifs is 1. The van der Waals surface area contributed by atoms with E-state index in [1.54, 1.807) is 0 Å². The topological polar surface area (TPSA) is 58.9 Å². The molecular weight excluding hydrogens is 224 g/mol. The molecule has 0 fully saturated rings. The van der Waals surface area contributed by atoms with E-state index in [-0.39, 0.29) is 11.8 Å². The van der Waals surface area contributed by atoms with Crippen LogP contribution < -0.4 is 5.73 Å². The predicted molar refractivity (Wildman–Crippen MR) is 76.6 cm³/mol. The molecule has 2 rings (SSSR count). The molecule has 3 N–H and O–H groups in total. The van der Waals surface area contributed by atoms with Gasteiger partial charge in [0.15, 0.2) is 0 Å². The molecule has 0 amide bonds. The average Bonchev–Trinajstić information content (AvgIpc) is 2.83. The Morgan fingerprint density at radius 1 is 1.33 bits per heavy atom. The summed E-state index contributed by atoms with van der Waals surface area (Å²) in [6.07, 6.45) is 3.05. The minimum atomic E-state index is -0.385. The maximum atomic E-state index is 11.4. The molecule has 2 aromatic rings. The minimum Gasteiger partial charge on any atom is -0.361 e. The third-order valence-electron chi connectivity index (χ3n) is 2.88. The van der Waals surface area contributed by atoms with Gasteiger partial charge in [-0.15, -0.1) is 0 Å². The first-order valence-electron chi connectivity index (χ1n) is 6.55. The fourth-order valence-corrected chi connectivity index (χ4v) is 1.91. The number of carbonyl (C=O) groups excluding carboxylic acids is 1. The molecule has 0 bridgehead atoms. The standard InChI is InChI=1S/C13H16N2O.C2H6/c1-2-13(16)11(14)7-9-8-15-12-6-4-3-5-10(9)12;1-2/h3-6,8,11,15H,2,7,14H2,1H3;1-2H3. The molecule has 1 aromatic heterocycles. The Labute approximate surface area is 108 Å². The summed E-state index contributed by atoms with van der Waals surface area (Å²) < 4.78 is 0. The lowest BCUT2D eigenvalue weighted by molar-refractivity contribution is -0.119. The SMILES string of the molecule is CC.CCC(=O)C(N)Cc1c[nH]c2ccccc12. The molecule has 0 aliphatic carbocycles. The second-order valence-electron chi connectivity index (χ2n) is 3.99. The smallest absolute Gasteiger partial charge is 0.149 e. The van der Waals surface area contributed by atoms with Gasteiger partial charge in [0.05, 0.1) is 6.04 Å². The zero-order valence-electron chi connectivity index (χ0n) is 11.4. The van der Waals surface area contributed by atoms with Gasteiger partial charge in [0.1, 0.15) is 5.78 Å². The summed E-state index contributed by atoms with van der Waals surface area (Å²) >= 11 is 0. The summed E-state index contributed by atoms with van der Waals surface area (Å²) in [6.45, 7) is 5.84. The average molecular weight is 246 g/mol. The van der Waals surface area contributed by atoms with Crippen LogP contribution in [0.1, 0.15) is 32.8 Å². The zero-order valence-corrected chi connectivity index (χ0v) is 11.4. The Morgan fingerprint density at radius 3 is 2.67 bits per heavy atom. The van der Waals surface area contributed by atoms with E-state index in [1.165, 1.54) is 0 Å². The largest absolute Gasteiger partial charge is 0.361 e. The van der Waals surface area contributed by atoms with Crippen LogP contribution in [0.4, 0.5) is 0 Å². The molecule has 1 heterocycles. The van der Waals surface area contributed by atoms with Crippen LogP contribution in [0.15, 0.2) is 30.5 Å². The van der Waals surface area contributed by atoms with Crippen LogP contribution >= 0.6 is 0 Å². The Hall–Kier alpha value is -1.61. The number of nitrogens with one attached hydrogen (secondary N) is 1. The zero-order chi connectivity index (χ0) is 13.5.